The van der Waals surface area contributed by atoms with Crippen molar-refractivity contribution >= 4 is 21.6 Å². The molecule has 0 unspecified atom stereocenters. The lowest BCUT2D eigenvalue weighted by Gasteiger charge is -1.98. The molecule has 0 saturated heterocycles. The Balaban J connectivity index is 2.30. The maximum atomic E-state index is 11.1. The summed E-state index contributed by atoms with van der Waals surface area (Å²) in [4.78, 5) is 3.86. The van der Waals surface area contributed by atoms with Gasteiger partial charge in [0.05, 0.1) is 5.75 Å². The van der Waals surface area contributed by atoms with Crippen LogP contribution in [0, 0.1) is 0 Å². The van der Waals surface area contributed by atoms with Crippen LogP contribution in [0.2, 0.25) is 0 Å². The Morgan fingerprint density at radius 3 is 2.92 bits per heavy atom. The molecule has 0 spiro atoms. The van der Waals surface area contributed by atoms with Gasteiger partial charge in [-0.2, -0.15) is 5.10 Å². The first-order valence-electron chi connectivity index (χ1n) is 3.82. The molecular formula is C6H11N3O2S2. The molecule has 0 aromatic carbocycles. The van der Waals surface area contributed by atoms with E-state index in [4.69, 9.17) is 0 Å². The van der Waals surface area contributed by atoms with Crippen molar-refractivity contribution in [1.29, 1.82) is 0 Å². The lowest BCUT2D eigenvalue weighted by Crippen LogP contribution is -2.10. The van der Waals surface area contributed by atoms with Crippen LogP contribution >= 0.6 is 11.8 Å². The summed E-state index contributed by atoms with van der Waals surface area (Å²) >= 11 is 1.36. The van der Waals surface area contributed by atoms with Crippen molar-refractivity contribution in [2.75, 3.05) is 17.3 Å². The van der Waals surface area contributed by atoms with E-state index in [1.165, 1.54) is 18.1 Å². The summed E-state index contributed by atoms with van der Waals surface area (Å²) in [5, 5.41) is 6.96. The molecule has 0 radical (unpaired) electrons. The van der Waals surface area contributed by atoms with Crippen molar-refractivity contribution in [3.63, 3.8) is 0 Å². The van der Waals surface area contributed by atoms with Crippen LogP contribution in [0.25, 0.3) is 0 Å². The molecule has 0 aliphatic heterocycles. The van der Waals surface area contributed by atoms with Gasteiger partial charge in [-0.15, -0.1) is 0 Å². The van der Waals surface area contributed by atoms with Crippen LogP contribution in [0.4, 0.5) is 0 Å². The lowest BCUT2D eigenvalue weighted by molar-refractivity contribution is 0.599. The molecular weight excluding hydrogens is 210 g/mol. The van der Waals surface area contributed by atoms with E-state index in [2.05, 4.69) is 15.2 Å². The molecule has 1 N–H and O–H groups in total. The molecule has 0 fully saturated rings. The van der Waals surface area contributed by atoms with Crippen LogP contribution in [0.5, 0.6) is 0 Å². The van der Waals surface area contributed by atoms with Crippen molar-refractivity contribution in [2.24, 2.45) is 0 Å². The van der Waals surface area contributed by atoms with E-state index in [1.54, 1.807) is 6.92 Å². The Bertz CT molecular complexity index is 333. The van der Waals surface area contributed by atoms with Crippen LogP contribution in [0.15, 0.2) is 11.5 Å². The van der Waals surface area contributed by atoms with Crippen LogP contribution in [0.1, 0.15) is 6.92 Å². The van der Waals surface area contributed by atoms with Crippen LogP contribution in [-0.4, -0.2) is 40.9 Å². The number of nitrogens with one attached hydrogen (secondary N) is 1. The fraction of sp³-hybridized carbons (Fsp3) is 0.667. The average molecular weight is 221 g/mol. The maximum Gasteiger partial charge on any atom is 0.183 e. The van der Waals surface area contributed by atoms with E-state index >= 15 is 0 Å². The van der Waals surface area contributed by atoms with Crippen LogP contribution in [-0.2, 0) is 9.84 Å². The summed E-state index contributed by atoms with van der Waals surface area (Å²) in [6, 6.07) is 0. The predicted molar refractivity (Wildman–Crippen MR) is 51.4 cm³/mol. The van der Waals surface area contributed by atoms with Gasteiger partial charge in [-0.3, -0.25) is 5.10 Å². The minimum Gasteiger partial charge on any atom is -0.254 e. The molecule has 5 nitrogen and oxygen atoms in total. The minimum absolute atomic E-state index is 0.189. The van der Waals surface area contributed by atoms with Gasteiger partial charge < -0.3 is 0 Å². The molecule has 0 bridgehead atoms. The highest BCUT2D eigenvalue weighted by Gasteiger charge is 2.07. The monoisotopic (exact) mass is 221 g/mol. The third-order valence-corrected chi connectivity index (χ3v) is 4.31. The number of H-pyrrole nitrogens is 1. The van der Waals surface area contributed by atoms with Crippen molar-refractivity contribution in [1.82, 2.24) is 15.2 Å². The number of hydrogen-bond acceptors (Lipinski definition) is 5. The van der Waals surface area contributed by atoms with Gasteiger partial charge in [0.2, 0.25) is 0 Å². The van der Waals surface area contributed by atoms with Crippen molar-refractivity contribution in [3.8, 4) is 0 Å². The summed E-state index contributed by atoms with van der Waals surface area (Å²) < 4.78 is 22.1. The second-order valence-corrected chi connectivity index (χ2v) is 5.93. The van der Waals surface area contributed by atoms with Gasteiger partial charge in [0.15, 0.2) is 15.0 Å². The summed E-state index contributed by atoms with van der Waals surface area (Å²) in [6.07, 6.45) is 1.40. The molecule has 1 heterocycles. The van der Waals surface area contributed by atoms with Crippen molar-refractivity contribution in [3.05, 3.63) is 6.33 Å². The average Bonchev–Trinajstić information content (AvgIpc) is 2.57. The third kappa shape index (κ3) is 3.77. The van der Waals surface area contributed by atoms with Gasteiger partial charge in [0.25, 0.3) is 0 Å². The number of aromatic nitrogens is 3. The summed E-state index contributed by atoms with van der Waals surface area (Å²) in [5.74, 6) is 0.907. The highest BCUT2D eigenvalue weighted by atomic mass is 32.2. The van der Waals surface area contributed by atoms with E-state index < -0.39 is 9.84 Å². The van der Waals surface area contributed by atoms with Crippen molar-refractivity contribution < 1.29 is 8.42 Å². The Morgan fingerprint density at radius 1 is 1.62 bits per heavy atom. The summed E-state index contributed by atoms with van der Waals surface area (Å²) in [6.45, 7) is 1.65. The smallest absolute Gasteiger partial charge is 0.183 e. The Labute approximate surface area is 81.3 Å². The number of thioether (sulfide) groups is 1. The molecule has 74 valence electrons. The zero-order valence-corrected chi connectivity index (χ0v) is 8.86. The minimum atomic E-state index is -2.86. The topological polar surface area (TPSA) is 75.7 Å². The molecule has 0 aliphatic rings. The van der Waals surface area contributed by atoms with Gasteiger partial charge in [0.1, 0.15) is 6.33 Å². The highest BCUT2D eigenvalue weighted by molar-refractivity contribution is 8.00. The largest absolute Gasteiger partial charge is 0.254 e. The Morgan fingerprint density at radius 2 is 2.38 bits per heavy atom. The Kier molecular flexibility index (Phi) is 3.73. The molecule has 13 heavy (non-hydrogen) atoms. The molecule has 7 heteroatoms. The third-order valence-electron chi connectivity index (χ3n) is 1.47. The summed E-state index contributed by atoms with van der Waals surface area (Å²) in [7, 11) is -2.86. The van der Waals surface area contributed by atoms with Crippen LogP contribution in [0.3, 0.4) is 0 Å². The second kappa shape index (κ2) is 4.61. The molecule has 0 aliphatic carbocycles. The number of rotatable bonds is 5. The number of sulfone groups is 1. The molecule has 0 amide bonds. The van der Waals surface area contributed by atoms with Gasteiger partial charge >= 0.3 is 0 Å². The zero-order chi connectivity index (χ0) is 9.73. The number of hydrogen-bond donors (Lipinski definition) is 1. The molecule has 1 rings (SSSR count). The maximum absolute atomic E-state index is 11.1. The molecule has 0 saturated carbocycles. The summed E-state index contributed by atoms with van der Waals surface area (Å²) in [5.41, 5.74) is 0. The normalized spacial score (nSPS) is 11.8. The number of nitrogens with zero attached hydrogens (tertiary/aromatic N) is 2. The van der Waals surface area contributed by atoms with E-state index in [0.717, 1.165) is 0 Å². The zero-order valence-electron chi connectivity index (χ0n) is 7.23. The standard InChI is InChI=1S/C6H11N3O2S2/c1-2-13(10,11)4-3-12-6-7-5-8-9-6/h5H,2-4H2,1H3,(H,7,8,9). The first kappa shape index (κ1) is 10.5. The SMILES string of the molecule is CCS(=O)(=O)CCSc1ncn[nH]1. The fourth-order valence-electron chi connectivity index (χ4n) is 0.673. The van der Waals surface area contributed by atoms with Gasteiger partial charge in [-0.05, 0) is 0 Å². The quantitative estimate of drug-likeness (QED) is 0.725. The number of aromatic amines is 1. The molecule has 1 aromatic rings. The highest BCUT2D eigenvalue weighted by Crippen LogP contribution is 2.10. The Hall–Kier alpha value is -0.560. The molecule has 1 aromatic heterocycles. The predicted octanol–water partition coefficient (Wildman–Crippen LogP) is 0.332. The first-order chi connectivity index (χ1) is 6.14. The first-order valence-corrected chi connectivity index (χ1v) is 6.63. The van der Waals surface area contributed by atoms with Crippen molar-refractivity contribution in [2.45, 2.75) is 12.1 Å². The van der Waals surface area contributed by atoms with E-state index in [0.29, 0.717) is 10.9 Å². The van der Waals surface area contributed by atoms with Crippen LogP contribution < -0.4 is 0 Å². The lowest BCUT2D eigenvalue weighted by atomic mass is 10.9. The van der Waals surface area contributed by atoms with E-state index in [1.807, 2.05) is 0 Å². The van der Waals surface area contributed by atoms with Gasteiger partial charge in [-0.25, -0.2) is 13.4 Å². The molecule has 0 atom stereocenters. The van der Waals surface area contributed by atoms with Gasteiger partial charge in [-0.1, -0.05) is 18.7 Å². The second-order valence-electron chi connectivity index (χ2n) is 2.38. The van der Waals surface area contributed by atoms with Gasteiger partial charge in [0, 0.05) is 11.5 Å². The van der Waals surface area contributed by atoms with E-state index in [9.17, 15) is 8.42 Å². The fourth-order valence-corrected chi connectivity index (χ4v) is 2.74. The van der Waals surface area contributed by atoms with E-state index in [-0.39, 0.29) is 11.5 Å².